The average molecular weight is 370 g/mol. The van der Waals surface area contributed by atoms with Crippen LogP contribution in [0.2, 0.25) is 0 Å². The van der Waals surface area contributed by atoms with Crippen molar-refractivity contribution in [3.63, 3.8) is 0 Å². The molecule has 108 valence electrons. The second-order valence-electron chi connectivity index (χ2n) is 4.62. The van der Waals surface area contributed by atoms with E-state index in [9.17, 15) is 8.42 Å². The molecule has 1 heterocycles. The highest BCUT2D eigenvalue weighted by Gasteiger charge is 2.20. The number of nitrogens with one attached hydrogen (secondary N) is 2. The maximum atomic E-state index is 12.2. The Balaban J connectivity index is 0.00000180. The van der Waals surface area contributed by atoms with Gasteiger partial charge in [-0.05, 0) is 50.0 Å². The first-order chi connectivity index (χ1) is 8.49. The van der Waals surface area contributed by atoms with E-state index in [1.165, 1.54) is 0 Å². The molecule has 0 spiro atoms. The fraction of sp³-hybridized carbons (Fsp3) is 0.500. The van der Waals surface area contributed by atoms with Gasteiger partial charge in [0, 0.05) is 11.0 Å². The Morgan fingerprint density at radius 3 is 2.84 bits per heavy atom. The van der Waals surface area contributed by atoms with Crippen LogP contribution in [0.15, 0.2) is 27.6 Å². The first-order valence-corrected chi connectivity index (χ1v) is 8.23. The van der Waals surface area contributed by atoms with Crippen LogP contribution >= 0.6 is 28.3 Å². The maximum Gasteiger partial charge on any atom is 0.240 e. The van der Waals surface area contributed by atoms with Crippen molar-refractivity contribution in [2.24, 2.45) is 5.92 Å². The number of sulfonamides is 1. The van der Waals surface area contributed by atoms with Crippen molar-refractivity contribution >= 4 is 38.4 Å². The molecule has 1 aliphatic rings. The first-order valence-electron chi connectivity index (χ1n) is 5.95. The van der Waals surface area contributed by atoms with Crippen molar-refractivity contribution < 1.29 is 8.42 Å². The van der Waals surface area contributed by atoms with E-state index in [4.69, 9.17) is 0 Å². The van der Waals surface area contributed by atoms with Gasteiger partial charge in [-0.15, -0.1) is 12.4 Å². The van der Waals surface area contributed by atoms with E-state index in [-0.39, 0.29) is 12.4 Å². The molecule has 2 N–H and O–H groups in total. The van der Waals surface area contributed by atoms with Crippen LogP contribution < -0.4 is 10.0 Å². The number of benzene rings is 1. The summed E-state index contributed by atoms with van der Waals surface area (Å²) in [6, 6.07) is 5.29. The van der Waals surface area contributed by atoms with Crippen LogP contribution in [0.25, 0.3) is 0 Å². The molecule has 1 aromatic carbocycles. The molecule has 0 radical (unpaired) electrons. The number of hydrogen-bond donors (Lipinski definition) is 2. The van der Waals surface area contributed by atoms with Crippen LogP contribution in [-0.4, -0.2) is 28.1 Å². The maximum absolute atomic E-state index is 12.2. The van der Waals surface area contributed by atoms with E-state index < -0.39 is 10.0 Å². The van der Waals surface area contributed by atoms with Gasteiger partial charge in [-0.3, -0.25) is 0 Å². The van der Waals surface area contributed by atoms with Gasteiger partial charge in [0.2, 0.25) is 10.0 Å². The van der Waals surface area contributed by atoms with Gasteiger partial charge >= 0.3 is 0 Å². The predicted molar refractivity (Wildman–Crippen MR) is 82.3 cm³/mol. The zero-order valence-corrected chi connectivity index (χ0v) is 13.9. The molecule has 0 amide bonds. The minimum atomic E-state index is -3.41. The highest BCUT2D eigenvalue weighted by atomic mass is 79.9. The highest BCUT2D eigenvalue weighted by molar-refractivity contribution is 9.10. The molecule has 0 bridgehead atoms. The fourth-order valence-corrected chi connectivity index (χ4v) is 3.95. The Hall–Kier alpha value is -0.140. The van der Waals surface area contributed by atoms with Crippen LogP contribution in [0, 0.1) is 12.8 Å². The van der Waals surface area contributed by atoms with Gasteiger partial charge in [0.25, 0.3) is 0 Å². The van der Waals surface area contributed by atoms with Gasteiger partial charge in [0.1, 0.15) is 0 Å². The summed E-state index contributed by atoms with van der Waals surface area (Å²) >= 11 is 3.30. The van der Waals surface area contributed by atoms with E-state index >= 15 is 0 Å². The lowest BCUT2D eigenvalue weighted by molar-refractivity contribution is 0.538. The smallest absolute Gasteiger partial charge is 0.240 e. The molecular formula is C12H18BrClN2O2S. The molecule has 1 saturated heterocycles. The predicted octanol–water partition coefficient (Wildman–Crippen LogP) is 2.07. The number of hydrogen-bond acceptors (Lipinski definition) is 3. The molecule has 7 heteroatoms. The van der Waals surface area contributed by atoms with Gasteiger partial charge in [-0.1, -0.05) is 22.0 Å². The lowest BCUT2D eigenvalue weighted by Gasteiger charge is -2.12. The third-order valence-corrected chi connectivity index (χ3v) is 5.22. The van der Waals surface area contributed by atoms with Gasteiger partial charge in [0.05, 0.1) is 4.90 Å². The van der Waals surface area contributed by atoms with Crippen LogP contribution in [0.4, 0.5) is 0 Å². The summed E-state index contributed by atoms with van der Waals surface area (Å²) < 4.78 is 27.9. The Bertz CT molecular complexity index is 531. The molecule has 19 heavy (non-hydrogen) atoms. The molecule has 0 aromatic heterocycles. The van der Waals surface area contributed by atoms with Crippen molar-refractivity contribution in [2.75, 3.05) is 19.6 Å². The Morgan fingerprint density at radius 2 is 2.21 bits per heavy atom. The van der Waals surface area contributed by atoms with Crippen LogP contribution in [-0.2, 0) is 10.0 Å². The summed E-state index contributed by atoms with van der Waals surface area (Å²) in [4.78, 5) is 0.350. The number of halogens is 2. The highest BCUT2D eigenvalue weighted by Crippen LogP contribution is 2.20. The van der Waals surface area contributed by atoms with E-state index in [2.05, 4.69) is 26.0 Å². The molecule has 1 aromatic rings. The van der Waals surface area contributed by atoms with E-state index in [1.807, 2.05) is 6.07 Å². The summed E-state index contributed by atoms with van der Waals surface area (Å²) in [6.45, 7) is 4.17. The molecule has 2 rings (SSSR count). The molecule has 1 atom stereocenters. The quantitative estimate of drug-likeness (QED) is 0.854. The summed E-state index contributed by atoms with van der Waals surface area (Å²) in [5, 5.41) is 3.23. The summed E-state index contributed by atoms with van der Waals surface area (Å²) in [5.74, 6) is 0.396. The van der Waals surface area contributed by atoms with Crippen LogP contribution in [0.3, 0.4) is 0 Å². The lowest BCUT2D eigenvalue weighted by atomic mass is 10.1. The first kappa shape index (κ1) is 16.9. The third kappa shape index (κ3) is 4.43. The van der Waals surface area contributed by atoms with Crippen molar-refractivity contribution in [3.05, 3.63) is 28.2 Å². The lowest BCUT2D eigenvalue weighted by Crippen LogP contribution is -2.30. The number of rotatable bonds is 4. The monoisotopic (exact) mass is 368 g/mol. The van der Waals surface area contributed by atoms with Gasteiger partial charge in [-0.2, -0.15) is 0 Å². The van der Waals surface area contributed by atoms with E-state index in [0.717, 1.165) is 29.5 Å². The molecule has 1 fully saturated rings. The Labute approximate surface area is 128 Å². The van der Waals surface area contributed by atoms with Crippen LogP contribution in [0.1, 0.15) is 12.0 Å². The van der Waals surface area contributed by atoms with Gasteiger partial charge < -0.3 is 5.32 Å². The van der Waals surface area contributed by atoms with Crippen LogP contribution in [0.5, 0.6) is 0 Å². The molecule has 1 unspecified atom stereocenters. The molecule has 1 aliphatic heterocycles. The summed E-state index contributed by atoms with van der Waals surface area (Å²) in [7, 11) is -3.41. The summed E-state index contributed by atoms with van der Waals surface area (Å²) in [6.07, 6.45) is 1.03. The van der Waals surface area contributed by atoms with Crippen molar-refractivity contribution in [1.82, 2.24) is 10.0 Å². The molecule has 0 aliphatic carbocycles. The second kappa shape index (κ2) is 7.04. The largest absolute Gasteiger partial charge is 0.316 e. The summed E-state index contributed by atoms with van der Waals surface area (Å²) in [5.41, 5.74) is 0.759. The van der Waals surface area contributed by atoms with Gasteiger partial charge in [-0.25, -0.2) is 13.1 Å². The van der Waals surface area contributed by atoms with Crippen molar-refractivity contribution in [1.29, 1.82) is 0 Å². The Kier molecular flexibility index (Phi) is 6.26. The van der Waals surface area contributed by atoms with Gasteiger partial charge in [0.15, 0.2) is 0 Å². The SMILES string of the molecule is Cc1ccc(Br)cc1S(=O)(=O)NCC1CCNC1.Cl. The minimum absolute atomic E-state index is 0. The normalized spacial score (nSPS) is 19.2. The minimum Gasteiger partial charge on any atom is -0.316 e. The van der Waals surface area contributed by atoms with Crippen molar-refractivity contribution in [2.45, 2.75) is 18.2 Å². The standard InChI is InChI=1S/C12H17BrN2O2S.ClH/c1-9-2-3-11(13)6-12(9)18(16,17)15-8-10-4-5-14-7-10;/h2-3,6,10,14-15H,4-5,7-8H2,1H3;1H. The molecule has 0 saturated carbocycles. The fourth-order valence-electron chi connectivity index (χ4n) is 2.06. The second-order valence-corrected chi connectivity index (χ2v) is 7.27. The average Bonchev–Trinajstić information content (AvgIpc) is 2.83. The zero-order chi connectivity index (χ0) is 13.2. The molecule has 4 nitrogen and oxygen atoms in total. The molecular weight excluding hydrogens is 352 g/mol. The topological polar surface area (TPSA) is 58.2 Å². The zero-order valence-electron chi connectivity index (χ0n) is 10.6. The number of aryl methyl sites for hydroxylation is 1. The van der Waals surface area contributed by atoms with E-state index in [0.29, 0.717) is 17.4 Å². The Morgan fingerprint density at radius 1 is 1.47 bits per heavy atom. The van der Waals surface area contributed by atoms with Crippen molar-refractivity contribution in [3.8, 4) is 0 Å². The third-order valence-electron chi connectivity index (χ3n) is 3.16. The van der Waals surface area contributed by atoms with E-state index in [1.54, 1.807) is 19.1 Å².